The van der Waals surface area contributed by atoms with Crippen LogP contribution in [0.25, 0.3) is 0 Å². The highest BCUT2D eigenvalue weighted by Gasteiger charge is 2.24. The van der Waals surface area contributed by atoms with Crippen LogP contribution in [0.15, 0.2) is 15.8 Å². The summed E-state index contributed by atoms with van der Waals surface area (Å²) < 4.78 is 12.2. The summed E-state index contributed by atoms with van der Waals surface area (Å²) in [5, 5.41) is 0. The van der Waals surface area contributed by atoms with E-state index >= 15 is 0 Å². The summed E-state index contributed by atoms with van der Waals surface area (Å²) in [4.78, 5) is 25.8. The number of hydrogen-bond donors (Lipinski definition) is 1. The normalized spacial score (nSPS) is 14.5. The van der Waals surface area contributed by atoms with Gasteiger partial charge in [-0.1, -0.05) is 13.8 Å². The predicted octanol–water partition coefficient (Wildman–Crippen LogP) is 1.09. The van der Waals surface area contributed by atoms with Gasteiger partial charge in [-0.3, -0.25) is 14.3 Å². The number of rotatable bonds is 7. The second kappa shape index (κ2) is 7.40. The second-order valence-electron chi connectivity index (χ2n) is 5.28. The minimum atomic E-state index is -0.401. The second-order valence-corrected chi connectivity index (χ2v) is 5.28. The molecule has 0 spiro atoms. The summed E-state index contributed by atoms with van der Waals surface area (Å²) in [6.45, 7) is 8.63. The first-order valence-electron chi connectivity index (χ1n) is 6.81. The molecule has 0 aliphatic rings. The van der Waals surface area contributed by atoms with E-state index in [1.807, 2.05) is 20.8 Å². The van der Waals surface area contributed by atoms with Gasteiger partial charge in [0.15, 0.2) is 0 Å². The summed E-state index contributed by atoms with van der Waals surface area (Å²) in [6.07, 6.45) is 1.44. The summed E-state index contributed by atoms with van der Waals surface area (Å²) in [5.41, 5.74) is -0.234. The van der Waals surface area contributed by atoms with Gasteiger partial charge in [-0.05, 0) is 19.8 Å². The van der Waals surface area contributed by atoms with Gasteiger partial charge in [0, 0.05) is 18.9 Å². The maximum absolute atomic E-state index is 12.0. The van der Waals surface area contributed by atoms with Gasteiger partial charge in [0.2, 0.25) is 0 Å². The molecule has 6 nitrogen and oxygen atoms in total. The Kier molecular flexibility index (Phi) is 6.16. The van der Waals surface area contributed by atoms with Crippen molar-refractivity contribution in [2.45, 2.75) is 39.8 Å². The van der Waals surface area contributed by atoms with Crippen LogP contribution in [0.3, 0.4) is 0 Å². The minimum Gasteiger partial charge on any atom is -0.382 e. The molecule has 1 N–H and O–H groups in total. The smallest absolute Gasteiger partial charge is 0.328 e. The maximum Gasteiger partial charge on any atom is 0.328 e. The first-order valence-corrected chi connectivity index (χ1v) is 6.81. The van der Waals surface area contributed by atoms with Gasteiger partial charge in [0.1, 0.15) is 0 Å². The van der Waals surface area contributed by atoms with Gasteiger partial charge >= 0.3 is 5.69 Å². The number of H-pyrrole nitrogens is 1. The van der Waals surface area contributed by atoms with Crippen LogP contribution in [0, 0.1) is 12.8 Å². The van der Waals surface area contributed by atoms with Gasteiger partial charge in [-0.2, -0.15) is 0 Å². The third kappa shape index (κ3) is 4.05. The standard InChI is InChI=1S/C14H24N2O4/c1-9(2)12(11(4)20-7-6-19-5)16-8-10(3)13(17)15-14(16)18/h8-9,11-12H,6-7H2,1-5H3,(H,15,17,18). The van der Waals surface area contributed by atoms with Gasteiger partial charge in [-0.25, -0.2) is 4.79 Å². The number of aromatic nitrogens is 2. The van der Waals surface area contributed by atoms with E-state index in [0.717, 1.165) is 0 Å². The molecule has 1 aromatic heterocycles. The Balaban J connectivity index is 3.05. The Labute approximate surface area is 118 Å². The number of nitrogens with one attached hydrogen (secondary N) is 1. The molecule has 1 aromatic rings. The monoisotopic (exact) mass is 284 g/mol. The zero-order chi connectivity index (χ0) is 15.3. The molecule has 2 atom stereocenters. The third-order valence-electron chi connectivity index (χ3n) is 3.30. The van der Waals surface area contributed by atoms with E-state index in [2.05, 4.69) is 4.98 Å². The minimum absolute atomic E-state index is 0.144. The van der Waals surface area contributed by atoms with E-state index in [4.69, 9.17) is 9.47 Å². The van der Waals surface area contributed by atoms with Crippen LogP contribution in [0.1, 0.15) is 32.4 Å². The molecule has 0 saturated heterocycles. The predicted molar refractivity (Wildman–Crippen MR) is 77.2 cm³/mol. The van der Waals surface area contributed by atoms with Crippen LogP contribution in [-0.2, 0) is 9.47 Å². The highest BCUT2D eigenvalue weighted by molar-refractivity contribution is 5.02. The Hall–Kier alpha value is -1.40. The van der Waals surface area contributed by atoms with Gasteiger partial charge in [0.25, 0.3) is 5.56 Å². The average molecular weight is 284 g/mol. The number of nitrogens with zero attached hydrogens (tertiary/aromatic N) is 1. The number of hydrogen-bond acceptors (Lipinski definition) is 4. The van der Waals surface area contributed by atoms with Gasteiger partial charge in [0.05, 0.1) is 25.4 Å². The molecule has 6 heteroatoms. The van der Waals surface area contributed by atoms with Crippen LogP contribution in [0.2, 0.25) is 0 Å². The van der Waals surface area contributed by atoms with Crippen molar-refractivity contribution in [2.24, 2.45) is 5.92 Å². The van der Waals surface area contributed by atoms with Crippen LogP contribution in [0.4, 0.5) is 0 Å². The molecule has 0 saturated carbocycles. The summed E-state index contributed by atoms with van der Waals surface area (Å²) in [5.74, 6) is 0.190. The molecule has 0 amide bonds. The van der Waals surface area contributed by atoms with E-state index in [-0.39, 0.29) is 23.6 Å². The maximum atomic E-state index is 12.0. The molecule has 114 valence electrons. The lowest BCUT2D eigenvalue weighted by Crippen LogP contribution is -2.40. The van der Waals surface area contributed by atoms with Crippen LogP contribution in [0.5, 0.6) is 0 Å². The van der Waals surface area contributed by atoms with Crippen molar-refractivity contribution in [2.75, 3.05) is 20.3 Å². The van der Waals surface area contributed by atoms with Crippen LogP contribution in [-0.4, -0.2) is 36.0 Å². The van der Waals surface area contributed by atoms with Gasteiger partial charge < -0.3 is 9.47 Å². The SMILES string of the molecule is COCCOC(C)C(C(C)C)n1cc(C)c(=O)[nH]c1=O. The molecule has 2 unspecified atom stereocenters. The summed E-state index contributed by atoms with van der Waals surface area (Å²) in [6, 6.07) is -0.144. The van der Waals surface area contributed by atoms with E-state index < -0.39 is 5.69 Å². The molecule has 0 aliphatic heterocycles. The molecular formula is C14H24N2O4. The zero-order valence-corrected chi connectivity index (χ0v) is 12.8. The van der Waals surface area contributed by atoms with E-state index in [1.54, 1.807) is 24.8 Å². The average Bonchev–Trinajstić information content (AvgIpc) is 2.35. The van der Waals surface area contributed by atoms with Crippen molar-refractivity contribution in [3.8, 4) is 0 Å². The number of ether oxygens (including phenoxy) is 2. The van der Waals surface area contributed by atoms with Crippen molar-refractivity contribution in [1.29, 1.82) is 0 Å². The fourth-order valence-corrected chi connectivity index (χ4v) is 2.31. The number of aromatic amines is 1. The summed E-state index contributed by atoms with van der Waals surface area (Å²) >= 11 is 0. The fourth-order valence-electron chi connectivity index (χ4n) is 2.31. The largest absolute Gasteiger partial charge is 0.382 e. The first-order chi connectivity index (χ1) is 9.38. The van der Waals surface area contributed by atoms with Crippen molar-refractivity contribution in [3.63, 3.8) is 0 Å². The molecule has 0 radical (unpaired) electrons. The quantitative estimate of drug-likeness (QED) is 0.761. The number of aryl methyl sites for hydroxylation is 1. The highest BCUT2D eigenvalue weighted by atomic mass is 16.5. The lowest BCUT2D eigenvalue weighted by molar-refractivity contribution is -0.0112. The third-order valence-corrected chi connectivity index (χ3v) is 3.30. The van der Waals surface area contributed by atoms with Crippen molar-refractivity contribution < 1.29 is 9.47 Å². The molecule has 20 heavy (non-hydrogen) atoms. The van der Waals surface area contributed by atoms with Crippen LogP contribution < -0.4 is 11.2 Å². The molecule has 1 rings (SSSR count). The molecular weight excluding hydrogens is 260 g/mol. The molecule has 0 aliphatic carbocycles. The first kappa shape index (κ1) is 16.7. The van der Waals surface area contributed by atoms with E-state index in [9.17, 15) is 9.59 Å². The lowest BCUT2D eigenvalue weighted by atomic mass is 9.99. The Bertz CT molecular complexity index is 533. The molecule has 0 aromatic carbocycles. The summed E-state index contributed by atoms with van der Waals surface area (Å²) in [7, 11) is 1.61. The molecule has 0 fully saturated rings. The van der Waals surface area contributed by atoms with E-state index in [1.165, 1.54) is 0 Å². The topological polar surface area (TPSA) is 73.3 Å². The van der Waals surface area contributed by atoms with Crippen LogP contribution >= 0.6 is 0 Å². The fraction of sp³-hybridized carbons (Fsp3) is 0.714. The molecule has 1 heterocycles. The van der Waals surface area contributed by atoms with Crippen molar-refractivity contribution >= 4 is 0 Å². The zero-order valence-electron chi connectivity index (χ0n) is 12.8. The van der Waals surface area contributed by atoms with Crippen molar-refractivity contribution in [1.82, 2.24) is 9.55 Å². The Morgan fingerprint density at radius 1 is 1.25 bits per heavy atom. The Morgan fingerprint density at radius 2 is 1.90 bits per heavy atom. The van der Waals surface area contributed by atoms with Crippen molar-refractivity contribution in [3.05, 3.63) is 32.6 Å². The van der Waals surface area contributed by atoms with Gasteiger partial charge in [-0.15, -0.1) is 0 Å². The molecule has 0 bridgehead atoms. The van der Waals surface area contributed by atoms with E-state index in [0.29, 0.717) is 18.8 Å². The lowest BCUT2D eigenvalue weighted by Gasteiger charge is -2.29. The highest BCUT2D eigenvalue weighted by Crippen LogP contribution is 2.22. The number of methoxy groups -OCH3 is 1. The Morgan fingerprint density at radius 3 is 2.45 bits per heavy atom.